The number of halogens is 1. The van der Waals surface area contributed by atoms with Crippen LogP contribution in [0.1, 0.15) is 45.6 Å². The molecule has 39 heavy (non-hydrogen) atoms. The summed E-state index contributed by atoms with van der Waals surface area (Å²) in [5.41, 5.74) is -0.652. The van der Waals surface area contributed by atoms with Crippen LogP contribution < -0.4 is 10.6 Å². The van der Waals surface area contributed by atoms with Gasteiger partial charge in [0.15, 0.2) is 0 Å². The average Bonchev–Trinajstić information content (AvgIpc) is 3.53. The second-order valence-corrected chi connectivity index (χ2v) is 11.7. The van der Waals surface area contributed by atoms with Crippen molar-refractivity contribution in [1.82, 2.24) is 10.2 Å². The number of benzene rings is 2. The third-order valence-electron chi connectivity index (χ3n) is 8.90. The summed E-state index contributed by atoms with van der Waals surface area (Å²) in [6, 6.07) is 14.9. The Morgan fingerprint density at radius 3 is 2.44 bits per heavy atom. The summed E-state index contributed by atoms with van der Waals surface area (Å²) in [5.74, 6) is -2.73. The second-order valence-electron chi connectivity index (χ2n) is 11.2. The Labute approximate surface area is 234 Å². The van der Waals surface area contributed by atoms with Gasteiger partial charge in [0.05, 0.1) is 40.8 Å². The van der Waals surface area contributed by atoms with Crippen molar-refractivity contribution in [2.24, 2.45) is 17.8 Å². The van der Waals surface area contributed by atoms with E-state index in [0.717, 1.165) is 5.56 Å². The number of carbonyl (C=O) groups excluding carboxylic acids is 3. The van der Waals surface area contributed by atoms with Crippen molar-refractivity contribution in [3.05, 3.63) is 65.2 Å². The number of carbonyl (C=O) groups is 3. The lowest BCUT2D eigenvalue weighted by Gasteiger charge is -2.38. The van der Waals surface area contributed by atoms with E-state index in [1.807, 2.05) is 51.1 Å². The first kappa shape index (κ1) is 27.6. The minimum atomic E-state index is -1.19. The average molecular weight is 554 g/mol. The summed E-state index contributed by atoms with van der Waals surface area (Å²) in [5, 5.41) is 16.7. The number of hydrogen-bond acceptors (Lipinski definition) is 5. The molecule has 3 saturated heterocycles. The second kappa shape index (κ2) is 10.6. The topological polar surface area (TPSA) is 108 Å². The highest BCUT2D eigenvalue weighted by atomic mass is 35.5. The zero-order valence-corrected chi connectivity index (χ0v) is 23.3. The number of amides is 3. The normalized spacial score (nSPS) is 29.9. The van der Waals surface area contributed by atoms with Crippen LogP contribution in [0.3, 0.4) is 0 Å². The molecule has 5 rings (SSSR count). The molecule has 0 aromatic heterocycles. The van der Waals surface area contributed by atoms with Gasteiger partial charge in [-0.15, -0.1) is 0 Å². The molecule has 2 unspecified atom stereocenters. The van der Waals surface area contributed by atoms with Gasteiger partial charge in [0.1, 0.15) is 11.6 Å². The number of rotatable bonds is 9. The summed E-state index contributed by atoms with van der Waals surface area (Å²) in [6.07, 6.45) is 1.56. The van der Waals surface area contributed by atoms with Crippen LogP contribution in [0, 0.1) is 17.8 Å². The Balaban J connectivity index is 1.54. The maximum atomic E-state index is 14.3. The number of likely N-dealkylation sites (tertiary alicyclic amines) is 1. The molecular weight excluding hydrogens is 518 g/mol. The Morgan fingerprint density at radius 2 is 1.79 bits per heavy atom. The molecule has 1 spiro atoms. The van der Waals surface area contributed by atoms with E-state index in [4.69, 9.17) is 16.3 Å². The number of para-hydroxylation sites is 1. The molecule has 2 bridgehead atoms. The van der Waals surface area contributed by atoms with Gasteiger partial charge < -0.3 is 25.4 Å². The number of ether oxygens (including phenoxy) is 1. The Hall–Kier alpha value is -2.94. The van der Waals surface area contributed by atoms with E-state index in [0.29, 0.717) is 36.5 Å². The minimum absolute atomic E-state index is 0.132. The minimum Gasteiger partial charge on any atom is -0.394 e. The van der Waals surface area contributed by atoms with Crippen LogP contribution in [0.2, 0.25) is 5.02 Å². The number of nitrogens with zero attached hydrogens (tertiary/aromatic N) is 1. The molecule has 0 radical (unpaired) electrons. The van der Waals surface area contributed by atoms with Gasteiger partial charge >= 0.3 is 0 Å². The molecule has 208 valence electrons. The number of fused-ring (bicyclic) bond motifs is 1. The van der Waals surface area contributed by atoms with Gasteiger partial charge in [0.25, 0.3) is 0 Å². The van der Waals surface area contributed by atoms with E-state index >= 15 is 0 Å². The van der Waals surface area contributed by atoms with E-state index < -0.39 is 41.0 Å². The molecule has 2 aromatic rings. The Bertz CT molecular complexity index is 1260. The Morgan fingerprint density at radius 1 is 1.10 bits per heavy atom. The van der Waals surface area contributed by atoms with Gasteiger partial charge in [-0.3, -0.25) is 14.4 Å². The van der Waals surface area contributed by atoms with Gasteiger partial charge in [-0.05, 0) is 42.9 Å². The Kier molecular flexibility index (Phi) is 7.48. The fourth-order valence-corrected chi connectivity index (χ4v) is 7.17. The van der Waals surface area contributed by atoms with Gasteiger partial charge in [0, 0.05) is 6.54 Å². The quantitative estimate of drug-likeness (QED) is 0.438. The van der Waals surface area contributed by atoms with Crippen LogP contribution in [-0.2, 0) is 25.7 Å². The number of anilines is 1. The number of aliphatic hydroxyl groups is 1. The molecule has 9 heteroatoms. The summed E-state index contributed by atoms with van der Waals surface area (Å²) >= 11 is 6.34. The molecule has 3 amide bonds. The van der Waals surface area contributed by atoms with E-state index in [1.165, 1.54) is 4.90 Å². The van der Waals surface area contributed by atoms with Crippen LogP contribution in [0.25, 0.3) is 0 Å². The molecule has 3 N–H and O–H groups in total. The lowest BCUT2D eigenvalue weighted by atomic mass is 9.65. The third kappa shape index (κ3) is 4.42. The van der Waals surface area contributed by atoms with Crippen molar-refractivity contribution >= 4 is 35.0 Å². The van der Waals surface area contributed by atoms with Crippen LogP contribution in [0.5, 0.6) is 0 Å². The van der Waals surface area contributed by atoms with Crippen molar-refractivity contribution in [3.63, 3.8) is 0 Å². The maximum absolute atomic E-state index is 14.3. The first-order valence-electron chi connectivity index (χ1n) is 13.7. The fraction of sp³-hybridized carbons (Fsp3) is 0.500. The van der Waals surface area contributed by atoms with Crippen molar-refractivity contribution in [3.8, 4) is 0 Å². The number of nitrogens with one attached hydrogen (secondary N) is 2. The molecule has 3 fully saturated rings. The van der Waals surface area contributed by atoms with Crippen molar-refractivity contribution in [2.45, 2.75) is 69.9 Å². The van der Waals surface area contributed by atoms with Gasteiger partial charge in [-0.25, -0.2) is 0 Å². The van der Waals surface area contributed by atoms with E-state index in [9.17, 15) is 19.5 Å². The lowest BCUT2D eigenvalue weighted by molar-refractivity contribution is -0.150. The van der Waals surface area contributed by atoms with E-state index in [1.54, 1.807) is 24.3 Å². The van der Waals surface area contributed by atoms with Crippen molar-refractivity contribution < 1.29 is 24.2 Å². The smallest absolute Gasteiger partial charge is 0.250 e. The molecule has 6 atom stereocenters. The molecule has 3 aliphatic heterocycles. The SMILES string of the molecule is CC[C@]12CCC3(O1)C(C(=O)Nc1ccccc1Cl)N([C@@H](CO)C(C)C)C(=O)[C@@H]3[C@H]2C(=O)NCc1ccccc1. The lowest BCUT2D eigenvalue weighted by Crippen LogP contribution is -2.57. The van der Waals surface area contributed by atoms with Crippen molar-refractivity contribution in [2.75, 3.05) is 11.9 Å². The zero-order valence-electron chi connectivity index (χ0n) is 22.5. The third-order valence-corrected chi connectivity index (χ3v) is 9.23. The molecule has 2 aromatic carbocycles. The molecule has 0 aliphatic carbocycles. The maximum Gasteiger partial charge on any atom is 0.250 e. The molecule has 8 nitrogen and oxygen atoms in total. The predicted octanol–water partition coefficient (Wildman–Crippen LogP) is 3.77. The predicted molar refractivity (Wildman–Crippen MR) is 148 cm³/mol. The van der Waals surface area contributed by atoms with E-state index in [2.05, 4.69) is 10.6 Å². The number of hydrogen-bond donors (Lipinski definition) is 3. The summed E-state index contributed by atoms with van der Waals surface area (Å²) < 4.78 is 6.78. The van der Waals surface area contributed by atoms with E-state index in [-0.39, 0.29) is 24.3 Å². The van der Waals surface area contributed by atoms with Gasteiger partial charge in [-0.2, -0.15) is 0 Å². The highest BCUT2D eigenvalue weighted by Crippen LogP contribution is 2.64. The molecule has 3 heterocycles. The summed E-state index contributed by atoms with van der Waals surface area (Å²) in [4.78, 5) is 43.7. The van der Waals surface area contributed by atoms with Gasteiger partial charge in [-0.1, -0.05) is 74.8 Å². The van der Waals surface area contributed by atoms with Crippen LogP contribution in [0.4, 0.5) is 5.69 Å². The largest absolute Gasteiger partial charge is 0.394 e. The fourth-order valence-electron chi connectivity index (χ4n) is 6.99. The first-order valence-corrected chi connectivity index (χ1v) is 14.1. The summed E-state index contributed by atoms with van der Waals surface area (Å²) in [6.45, 7) is 5.78. The molecule has 3 aliphatic rings. The molecular formula is C30H36ClN3O5. The van der Waals surface area contributed by atoms with Crippen LogP contribution in [0.15, 0.2) is 54.6 Å². The first-order chi connectivity index (χ1) is 18.7. The monoisotopic (exact) mass is 553 g/mol. The number of aliphatic hydroxyl groups excluding tert-OH is 1. The van der Waals surface area contributed by atoms with Gasteiger partial charge in [0.2, 0.25) is 17.7 Å². The highest BCUT2D eigenvalue weighted by molar-refractivity contribution is 6.33. The standard InChI is InChI=1S/C30H36ClN3O5/c1-4-29-14-15-30(39-29)24(23(29)26(36)32-16-19-10-6-5-7-11-19)28(38)34(22(17-35)18(2)3)25(30)27(37)33-21-13-9-8-12-20(21)31/h5-13,18,22-25,35H,4,14-17H2,1-3H3,(H,32,36)(H,33,37)/t22-,23-,24-,25?,29+,30?/m0/s1. The van der Waals surface area contributed by atoms with Crippen LogP contribution >= 0.6 is 11.6 Å². The van der Waals surface area contributed by atoms with Crippen molar-refractivity contribution in [1.29, 1.82) is 0 Å². The zero-order chi connectivity index (χ0) is 27.9. The molecule has 0 saturated carbocycles. The highest BCUT2D eigenvalue weighted by Gasteiger charge is 2.79. The van der Waals surface area contributed by atoms with Crippen LogP contribution in [-0.4, -0.2) is 57.6 Å². The summed E-state index contributed by atoms with van der Waals surface area (Å²) in [7, 11) is 0.